The second kappa shape index (κ2) is 7.90. The van der Waals surface area contributed by atoms with Gasteiger partial charge in [0.05, 0.1) is 12.8 Å². The van der Waals surface area contributed by atoms with E-state index in [0.717, 1.165) is 11.3 Å². The van der Waals surface area contributed by atoms with E-state index < -0.39 is 11.6 Å². The lowest BCUT2D eigenvalue weighted by atomic mass is 10.1. The Balaban J connectivity index is 1.97. The van der Waals surface area contributed by atoms with E-state index in [1.54, 1.807) is 11.9 Å². The Morgan fingerprint density at radius 3 is 2.47 bits per heavy atom. The lowest BCUT2D eigenvalue weighted by Gasteiger charge is -2.45. The SMILES string of the molecule is COC(=O)c1nc2c(N3C[C@@H](C)N(C(=O)OC(C)(C)C)C[C@@H]3C)cc(=O)n(C)c2s1. The van der Waals surface area contributed by atoms with E-state index in [4.69, 9.17) is 9.47 Å². The summed E-state index contributed by atoms with van der Waals surface area (Å²) in [5.74, 6) is -0.536. The number of carbonyl (C=O) groups is 2. The van der Waals surface area contributed by atoms with E-state index in [1.165, 1.54) is 17.7 Å². The number of hydrogen-bond acceptors (Lipinski definition) is 8. The number of aromatic nitrogens is 2. The minimum absolute atomic E-state index is 0.0766. The number of thiazole rings is 1. The average Bonchev–Trinajstić information content (AvgIpc) is 3.10. The quantitative estimate of drug-likeness (QED) is 0.668. The van der Waals surface area contributed by atoms with Crippen molar-refractivity contribution in [1.29, 1.82) is 0 Å². The van der Waals surface area contributed by atoms with Crippen LogP contribution in [-0.2, 0) is 16.5 Å². The highest BCUT2D eigenvalue weighted by Gasteiger charge is 2.36. The number of rotatable bonds is 2. The molecule has 1 saturated heterocycles. The zero-order chi connectivity index (χ0) is 22.4. The highest BCUT2D eigenvalue weighted by Crippen LogP contribution is 2.32. The Morgan fingerprint density at radius 2 is 1.87 bits per heavy atom. The van der Waals surface area contributed by atoms with Crippen molar-refractivity contribution < 1.29 is 19.1 Å². The van der Waals surface area contributed by atoms with Gasteiger partial charge in [-0.25, -0.2) is 14.6 Å². The summed E-state index contributed by atoms with van der Waals surface area (Å²) in [5, 5.41) is 0.197. The first-order valence-electron chi connectivity index (χ1n) is 9.78. The molecule has 0 unspecified atom stereocenters. The third-order valence-electron chi connectivity index (χ3n) is 5.03. The van der Waals surface area contributed by atoms with Gasteiger partial charge in [-0.15, -0.1) is 0 Å². The van der Waals surface area contributed by atoms with E-state index in [0.29, 0.717) is 29.1 Å². The van der Waals surface area contributed by atoms with Crippen LogP contribution in [0.1, 0.15) is 44.4 Å². The van der Waals surface area contributed by atoms with Crippen LogP contribution in [0.3, 0.4) is 0 Å². The van der Waals surface area contributed by atoms with Crippen LogP contribution in [0.2, 0.25) is 0 Å². The van der Waals surface area contributed by atoms with E-state index in [1.807, 2.05) is 34.6 Å². The molecule has 9 nitrogen and oxygen atoms in total. The van der Waals surface area contributed by atoms with E-state index >= 15 is 0 Å². The van der Waals surface area contributed by atoms with E-state index in [9.17, 15) is 14.4 Å². The molecule has 0 saturated carbocycles. The Labute approximate surface area is 179 Å². The summed E-state index contributed by atoms with van der Waals surface area (Å²) in [6.07, 6.45) is -0.350. The van der Waals surface area contributed by atoms with Crippen LogP contribution in [0.15, 0.2) is 10.9 Å². The fourth-order valence-corrected chi connectivity index (χ4v) is 4.48. The molecule has 1 aliphatic heterocycles. The van der Waals surface area contributed by atoms with Gasteiger partial charge in [-0.05, 0) is 34.6 Å². The standard InChI is InChI=1S/C20H28N4O5S/c1-11-10-24(19(27)29-20(3,4)5)12(2)9-23(11)13-8-14(25)22(6)17-15(13)21-16(30-17)18(26)28-7/h8,11-12H,9-10H2,1-7H3/t11-,12+/m0/s1. The molecule has 3 heterocycles. The van der Waals surface area contributed by atoms with Gasteiger partial charge in [0.1, 0.15) is 15.9 Å². The number of esters is 1. The second-order valence-corrected chi connectivity index (χ2v) is 9.55. The lowest BCUT2D eigenvalue weighted by Crippen LogP contribution is -2.59. The average molecular weight is 437 g/mol. The molecule has 0 bridgehead atoms. The van der Waals surface area contributed by atoms with E-state index in [-0.39, 0.29) is 28.7 Å². The number of nitrogens with zero attached hydrogens (tertiary/aromatic N) is 4. The maximum atomic E-state index is 12.6. The number of amides is 1. The summed E-state index contributed by atoms with van der Waals surface area (Å²) in [6, 6.07) is 1.33. The van der Waals surface area contributed by atoms with Crippen LogP contribution in [0, 0.1) is 0 Å². The largest absolute Gasteiger partial charge is 0.464 e. The molecule has 1 fully saturated rings. The molecule has 0 aromatic carbocycles. The van der Waals surface area contributed by atoms with Crippen molar-refractivity contribution >= 4 is 39.4 Å². The molecule has 3 rings (SSSR count). The minimum Gasteiger partial charge on any atom is -0.464 e. The first-order chi connectivity index (χ1) is 13.9. The van der Waals surface area contributed by atoms with Gasteiger partial charge < -0.3 is 23.8 Å². The summed E-state index contributed by atoms with van der Waals surface area (Å²) in [7, 11) is 2.95. The summed E-state index contributed by atoms with van der Waals surface area (Å²) >= 11 is 1.13. The lowest BCUT2D eigenvalue weighted by molar-refractivity contribution is 0.0130. The third kappa shape index (κ3) is 4.14. The number of aryl methyl sites for hydroxylation is 1. The minimum atomic E-state index is -0.570. The van der Waals surface area contributed by atoms with Crippen molar-refractivity contribution in [3.8, 4) is 0 Å². The smallest absolute Gasteiger partial charge is 0.410 e. The summed E-state index contributed by atoms with van der Waals surface area (Å²) < 4.78 is 11.8. The van der Waals surface area contributed by atoms with Crippen LogP contribution < -0.4 is 10.5 Å². The molecule has 164 valence electrons. The summed E-state index contributed by atoms with van der Waals surface area (Å²) in [5.41, 5.74) is 0.474. The molecule has 0 spiro atoms. The molecular formula is C20H28N4O5S. The van der Waals surface area contributed by atoms with Crippen LogP contribution >= 0.6 is 11.3 Å². The normalized spacial score (nSPS) is 19.8. The predicted molar refractivity (Wildman–Crippen MR) is 115 cm³/mol. The second-order valence-electron chi connectivity index (χ2n) is 8.57. The van der Waals surface area contributed by atoms with Crippen LogP contribution in [0.5, 0.6) is 0 Å². The van der Waals surface area contributed by atoms with Gasteiger partial charge in [0, 0.05) is 38.3 Å². The Kier molecular flexibility index (Phi) is 5.81. The van der Waals surface area contributed by atoms with Gasteiger partial charge >= 0.3 is 12.1 Å². The topological polar surface area (TPSA) is 94.0 Å². The summed E-state index contributed by atoms with van der Waals surface area (Å²) in [6.45, 7) is 10.4. The summed E-state index contributed by atoms with van der Waals surface area (Å²) in [4.78, 5) is 46.0. The number of hydrogen-bond donors (Lipinski definition) is 0. The van der Waals surface area contributed by atoms with Crippen LogP contribution in [0.4, 0.5) is 10.5 Å². The highest BCUT2D eigenvalue weighted by atomic mass is 32.1. The van der Waals surface area contributed by atoms with Crippen LogP contribution in [-0.4, -0.2) is 64.4 Å². The zero-order valence-corrected chi connectivity index (χ0v) is 19.2. The number of carbonyl (C=O) groups excluding carboxylic acids is 2. The number of anilines is 1. The molecule has 30 heavy (non-hydrogen) atoms. The monoisotopic (exact) mass is 436 g/mol. The van der Waals surface area contributed by atoms with Crippen molar-refractivity contribution in [2.24, 2.45) is 7.05 Å². The van der Waals surface area contributed by atoms with Crippen molar-refractivity contribution in [1.82, 2.24) is 14.5 Å². The molecule has 0 radical (unpaired) electrons. The molecule has 2 atom stereocenters. The maximum absolute atomic E-state index is 12.6. The molecular weight excluding hydrogens is 408 g/mol. The molecule has 1 amide bonds. The number of piperazine rings is 1. The first kappa shape index (κ1) is 22.1. The Hall–Kier alpha value is -2.62. The number of pyridine rings is 1. The Morgan fingerprint density at radius 1 is 1.20 bits per heavy atom. The molecule has 1 aliphatic rings. The van der Waals surface area contributed by atoms with Crippen LogP contribution in [0.25, 0.3) is 10.3 Å². The number of methoxy groups -OCH3 is 1. The fraction of sp³-hybridized carbons (Fsp3) is 0.600. The fourth-order valence-electron chi connectivity index (χ4n) is 3.52. The van der Waals surface area contributed by atoms with Gasteiger partial charge in [0.25, 0.3) is 5.56 Å². The molecule has 2 aromatic heterocycles. The number of fused-ring (bicyclic) bond motifs is 1. The first-order valence-corrected chi connectivity index (χ1v) is 10.6. The highest BCUT2D eigenvalue weighted by molar-refractivity contribution is 7.20. The zero-order valence-electron chi connectivity index (χ0n) is 18.4. The van der Waals surface area contributed by atoms with Crippen molar-refractivity contribution in [3.63, 3.8) is 0 Å². The van der Waals surface area contributed by atoms with Gasteiger partial charge in [0.2, 0.25) is 5.01 Å². The van der Waals surface area contributed by atoms with Crippen molar-refractivity contribution in [3.05, 3.63) is 21.4 Å². The Bertz CT molecular complexity index is 1040. The van der Waals surface area contributed by atoms with Crippen molar-refractivity contribution in [2.45, 2.75) is 52.3 Å². The van der Waals surface area contributed by atoms with Crippen molar-refractivity contribution in [2.75, 3.05) is 25.1 Å². The van der Waals surface area contributed by atoms with Gasteiger partial charge in [0.15, 0.2) is 0 Å². The molecule has 0 N–H and O–H groups in total. The third-order valence-corrected chi connectivity index (χ3v) is 6.14. The molecule has 2 aromatic rings. The van der Waals surface area contributed by atoms with Gasteiger partial charge in [-0.1, -0.05) is 11.3 Å². The maximum Gasteiger partial charge on any atom is 0.410 e. The van der Waals surface area contributed by atoms with E-state index in [2.05, 4.69) is 9.88 Å². The van der Waals surface area contributed by atoms with Gasteiger partial charge in [-0.3, -0.25) is 4.79 Å². The van der Waals surface area contributed by atoms with Gasteiger partial charge in [-0.2, -0.15) is 0 Å². The molecule has 10 heteroatoms. The predicted octanol–water partition coefficient (Wildman–Crippen LogP) is 2.62. The number of ether oxygens (including phenoxy) is 2. The molecule has 0 aliphatic carbocycles.